The number of Topliss-reactive ketones (excluding diaryl/α,β-unsaturated/α-hetero) is 1. The first kappa shape index (κ1) is 23.1. The van der Waals surface area contributed by atoms with Crippen molar-refractivity contribution in [1.29, 1.82) is 0 Å². The third-order valence-electron chi connectivity index (χ3n) is 5.02. The van der Waals surface area contributed by atoms with Crippen LogP contribution < -0.4 is 5.32 Å². The third-order valence-corrected chi connectivity index (χ3v) is 5.02. The SMILES string of the molecule is CC(C)OCC1CCC(COCCCC(=O)NCCC(=O)C(C)C)CC1. The van der Waals surface area contributed by atoms with Crippen LogP contribution in [0.2, 0.25) is 0 Å². The first-order valence-corrected chi connectivity index (χ1v) is 10.4. The summed E-state index contributed by atoms with van der Waals surface area (Å²) in [7, 11) is 0. The van der Waals surface area contributed by atoms with Crippen LogP contribution in [-0.4, -0.2) is 44.2 Å². The van der Waals surface area contributed by atoms with Gasteiger partial charge in [0.25, 0.3) is 0 Å². The second-order valence-electron chi connectivity index (χ2n) is 8.17. The Morgan fingerprint density at radius 2 is 1.58 bits per heavy atom. The van der Waals surface area contributed by atoms with Gasteiger partial charge in [-0.25, -0.2) is 0 Å². The molecule has 152 valence electrons. The Bertz CT molecular complexity index is 401. The standard InChI is InChI=1S/C21H39NO4/c1-16(2)20(23)11-12-22-21(24)6-5-13-25-14-18-7-9-19(10-8-18)15-26-17(3)4/h16-19H,5-15H2,1-4H3,(H,22,24). The first-order valence-electron chi connectivity index (χ1n) is 10.4. The number of ketones is 1. The molecule has 0 spiro atoms. The lowest BCUT2D eigenvalue weighted by molar-refractivity contribution is -0.123. The van der Waals surface area contributed by atoms with Crippen LogP contribution in [0.3, 0.4) is 0 Å². The third kappa shape index (κ3) is 10.9. The highest BCUT2D eigenvalue weighted by Gasteiger charge is 2.21. The molecule has 0 aromatic carbocycles. The van der Waals surface area contributed by atoms with Gasteiger partial charge in [-0.2, -0.15) is 0 Å². The number of nitrogens with one attached hydrogen (secondary N) is 1. The predicted octanol–water partition coefficient (Wildman–Crippen LogP) is 3.75. The van der Waals surface area contributed by atoms with Crippen molar-refractivity contribution >= 4 is 11.7 Å². The van der Waals surface area contributed by atoms with E-state index in [0.29, 0.717) is 43.9 Å². The number of carbonyl (C=O) groups excluding carboxylic acids is 2. The molecule has 0 radical (unpaired) electrons. The Hall–Kier alpha value is -0.940. The van der Waals surface area contributed by atoms with E-state index in [0.717, 1.165) is 19.6 Å². The van der Waals surface area contributed by atoms with E-state index >= 15 is 0 Å². The zero-order valence-electron chi connectivity index (χ0n) is 17.2. The molecule has 0 aliphatic heterocycles. The lowest BCUT2D eigenvalue weighted by Gasteiger charge is -2.28. The molecule has 5 nitrogen and oxygen atoms in total. The number of hydrogen-bond acceptors (Lipinski definition) is 4. The maximum absolute atomic E-state index is 11.7. The van der Waals surface area contributed by atoms with Gasteiger partial charge in [0, 0.05) is 45.1 Å². The molecule has 0 aromatic rings. The van der Waals surface area contributed by atoms with Gasteiger partial charge in [-0.1, -0.05) is 13.8 Å². The maximum Gasteiger partial charge on any atom is 0.220 e. The summed E-state index contributed by atoms with van der Waals surface area (Å²) in [4.78, 5) is 23.2. The van der Waals surface area contributed by atoms with Crippen LogP contribution in [0.1, 0.15) is 72.6 Å². The van der Waals surface area contributed by atoms with Crippen molar-refractivity contribution in [2.45, 2.75) is 78.7 Å². The fourth-order valence-corrected chi connectivity index (χ4v) is 3.18. The molecular weight excluding hydrogens is 330 g/mol. The molecule has 0 bridgehead atoms. The molecule has 26 heavy (non-hydrogen) atoms. The lowest BCUT2D eigenvalue weighted by Crippen LogP contribution is -2.27. The van der Waals surface area contributed by atoms with Crippen LogP contribution in [0.4, 0.5) is 0 Å². The van der Waals surface area contributed by atoms with Gasteiger partial charge >= 0.3 is 0 Å². The number of hydrogen-bond donors (Lipinski definition) is 1. The Morgan fingerprint density at radius 3 is 2.15 bits per heavy atom. The summed E-state index contributed by atoms with van der Waals surface area (Å²) >= 11 is 0. The topological polar surface area (TPSA) is 64.6 Å². The van der Waals surface area contributed by atoms with Crippen molar-refractivity contribution in [3.63, 3.8) is 0 Å². The average Bonchev–Trinajstić information content (AvgIpc) is 2.60. The predicted molar refractivity (Wildman–Crippen MR) is 104 cm³/mol. The Kier molecular flexibility index (Phi) is 11.8. The molecule has 0 atom stereocenters. The Morgan fingerprint density at radius 1 is 0.962 bits per heavy atom. The van der Waals surface area contributed by atoms with Gasteiger partial charge < -0.3 is 14.8 Å². The van der Waals surface area contributed by atoms with Crippen LogP contribution in [0.15, 0.2) is 0 Å². The van der Waals surface area contributed by atoms with E-state index in [1.54, 1.807) is 0 Å². The number of carbonyl (C=O) groups is 2. The largest absolute Gasteiger partial charge is 0.381 e. The van der Waals surface area contributed by atoms with Crippen molar-refractivity contribution in [1.82, 2.24) is 5.32 Å². The monoisotopic (exact) mass is 369 g/mol. The van der Waals surface area contributed by atoms with E-state index in [1.165, 1.54) is 25.7 Å². The molecule has 0 aromatic heterocycles. The molecule has 1 rings (SSSR count). The average molecular weight is 370 g/mol. The van der Waals surface area contributed by atoms with Crippen molar-refractivity contribution in [3.8, 4) is 0 Å². The minimum atomic E-state index is 0.0100. The fraction of sp³-hybridized carbons (Fsp3) is 0.905. The van der Waals surface area contributed by atoms with E-state index in [4.69, 9.17) is 9.47 Å². The van der Waals surface area contributed by atoms with Crippen LogP contribution in [0.5, 0.6) is 0 Å². The summed E-state index contributed by atoms with van der Waals surface area (Å²) in [6, 6.07) is 0. The van der Waals surface area contributed by atoms with E-state index in [2.05, 4.69) is 19.2 Å². The van der Waals surface area contributed by atoms with Gasteiger partial charge in [-0.05, 0) is 57.8 Å². The zero-order valence-corrected chi connectivity index (χ0v) is 17.2. The van der Waals surface area contributed by atoms with E-state index < -0.39 is 0 Å². The maximum atomic E-state index is 11.7. The quantitative estimate of drug-likeness (QED) is 0.502. The summed E-state index contributed by atoms with van der Waals surface area (Å²) in [5, 5.41) is 2.81. The molecule has 1 amide bonds. The highest BCUT2D eigenvalue weighted by molar-refractivity contribution is 5.81. The molecule has 1 aliphatic carbocycles. The Balaban J connectivity index is 1.96. The van der Waals surface area contributed by atoms with Gasteiger partial charge in [-0.15, -0.1) is 0 Å². The van der Waals surface area contributed by atoms with Gasteiger partial charge in [-0.3, -0.25) is 9.59 Å². The van der Waals surface area contributed by atoms with Gasteiger partial charge in [0.1, 0.15) is 5.78 Å². The summed E-state index contributed by atoms with van der Waals surface area (Å²) in [5.41, 5.74) is 0. The van der Waals surface area contributed by atoms with Gasteiger partial charge in [0.05, 0.1) is 6.10 Å². The van der Waals surface area contributed by atoms with Crippen LogP contribution in [-0.2, 0) is 19.1 Å². The highest BCUT2D eigenvalue weighted by atomic mass is 16.5. The van der Waals surface area contributed by atoms with E-state index in [-0.39, 0.29) is 17.6 Å². The minimum absolute atomic E-state index is 0.0100. The van der Waals surface area contributed by atoms with Gasteiger partial charge in [0.2, 0.25) is 5.91 Å². The van der Waals surface area contributed by atoms with E-state index in [1.807, 2.05) is 13.8 Å². The molecular formula is C21H39NO4. The summed E-state index contributed by atoms with van der Waals surface area (Å²) in [5.74, 6) is 1.61. The fourth-order valence-electron chi connectivity index (χ4n) is 3.18. The first-order chi connectivity index (χ1) is 12.4. The molecule has 0 unspecified atom stereocenters. The molecule has 1 saturated carbocycles. The van der Waals surface area contributed by atoms with Crippen molar-refractivity contribution in [3.05, 3.63) is 0 Å². The molecule has 1 fully saturated rings. The Labute approximate surface area is 159 Å². The smallest absolute Gasteiger partial charge is 0.220 e. The number of amides is 1. The zero-order chi connectivity index (χ0) is 19.4. The van der Waals surface area contributed by atoms with Crippen molar-refractivity contribution in [2.24, 2.45) is 17.8 Å². The van der Waals surface area contributed by atoms with Crippen LogP contribution in [0, 0.1) is 17.8 Å². The van der Waals surface area contributed by atoms with Crippen LogP contribution >= 0.6 is 0 Å². The van der Waals surface area contributed by atoms with Crippen LogP contribution in [0.25, 0.3) is 0 Å². The molecule has 1 N–H and O–H groups in total. The van der Waals surface area contributed by atoms with E-state index in [9.17, 15) is 9.59 Å². The summed E-state index contributed by atoms with van der Waals surface area (Å²) < 4.78 is 11.5. The number of ether oxygens (including phenoxy) is 2. The molecule has 0 heterocycles. The summed E-state index contributed by atoms with van der Waals surface area (Å²) in [6.07, 6.45) is 6.86. The number of rotatable bonds is 13. The highest BCUT2D eigenvalue weighted by Crippen LogP contribution is 2.29. The lowest BCUT2D eigenvalue weighted by atomic mass is 9.83. The summed E-state index contributed by atoms with van der Waals surface area (Å²) in [6.45, 7) is 10.7. The molecule has 5 heteroatoms. The van der Waals surface area contributed by atoms with Crippen molar-refractivity contribution < 1.29 is 19.1 Å². The normalized spacial score (nSPS) is 20.5. The van der Waals surface area contributed by atoms with Crippen molar-refractivity contribution in [2.75, 3.05) is 26.4 Å². The van der Waals surface area contributed by atoms with Gasteiger partial charge in [0.15, 0.2) is 0 Å². The minimum Gasteiger partial charge on any atom is -0.381 e. The molecule has 0 saturated heterocycles. The molecule has 1 aliphatic rings. The second-order valence-corrected chi connectivity index (χ2v) is 8.17. The second kappa shape index (κ2) is 13.3.